The fourth-order valence-corrected chi connectivity index (χ4v) is 1.62. The van der Waals surface area contributed by atoms with E-state index in [1.807, 2.05) is 12.1 Å². The second-order valence-corrected chi connectivity index (χ2v) is 4.04. The summed E-state index contributed by atoms with van der Waals surface area (Å²) < 4.78 is 5.14. The average molecular weight is 263 g/mol. The lowest BCUT2D eigenvalue weighted by molar-refractivity contribution is 0.0474. The smallest absolute Gasteiger partial charge is 0.340 e. The third-order valence-corrected chi connectivity index (χ3v) is 2.76. The van der Waals surface area contributed by atoms with Gasteiger partial charge in [0.15, 0.2) is 0 Å². The molecule has 0 radical (unpaired) electrons. The van der Waals surface area contributed by atoms with Crippen molar-refractivity contribution in [2.24, 2.45) is 0 Å². The van der Waals surface area contributed by atoms with Gasteiger partial charge in [-0.1, -0.05) is 29.8 Å². The Bertz CT molecular complexity index is 572. The summed E-state index contributed by atoms with van der Waals surface area (Å²) in [6, 6.07) is 8.70. The number of nitrogen functional groups attached to an aromatic ring is 1. The molecule has 0 unspecified atom stereocenters. The van der Waals surface area contributed by atoms with Crippen molar-refractivity contribution in [3.05, 3.63) is 58.9 Å². The summed E-state index contributed by atoms with van der Waals surface area (Å²) in [7, 11) is 0. The lowest BCUT2D eigenvalue weighted by atomic mass is 10.2. The van der Waals surface area contributed by atoms with Gasteiger partial charge in [-0.25, -0.2) is 4.79 Å². The van der Waals surface area contributed by atoms with Crippen molar-refractivity contribution in [3.63, 3.8) is 0 Å². The molecule has 0 fully saturated rings. The standard InChI is InChI=1S/C13H11ClN2O2/c14-11-4-2-1-3-9(11)8-18-13(17)10-5-6-16-7-12(10)15/h1-7H,8,15H2. The van der Waals surface area contributed by atoms with Crippen LogP contribution in [-0.4, -0.2) is 11.0 Å². The Balaban J connectivity index is 2.06. The number of pyridine rings is 1. The van der Waals surface area contributed by atoms with Crippen LogP contribution in [0.1, 0.15) is 15.9 Å². The Morgan fingerprint density at radius 1 is 1.33 bits per heavy atom. The monoisotopic (exact) mass is 262 g/mol. The van der Waals surface area contributed by atoms with E-state index in [4.69, 9.17) is 22.1 Å². The number of nitrogens with zero attached hydrogens (tertiary/aromatic N) is 1. The maximum atomic E-state index is 11.8. The van der Waals surface area contributed by atoms with E-state index in [1.54, 1.807) is 12.1 Å². The van der Waals surface area contributed by atoms with E-state index in [0.29, 0.717) is 16.3 Å². The summed E-state index contributed by atoms with van der Waals surface area (Å²) >= 11 is 5.96. The molecule has 0 aliphatic heterocycles. The van der Waals surface area contributed by atoms with Gasteiger partial charge >= 0.3 is 5.97 Å². The van der Waals surface area contributed by atoms with Crippen molar-refractivity contribution in [3.8, 4) is 0 Å². The largest absolute Gasteiger partial charge is 0.457 e. The highest BCUT2D eigenvalue weighted by Gasteiger charge is 2.11. The van der Waals surface area contributed by atoms with Gasteiger partial charge in [0.05, 0.1) is 17.4 Å². The molecule has 2 aromatic rings. The zero-order valence-corrected chi connectivity index (χ0v) is 10.2. The number of carbonyl (C=O) groups is 1. The van der Waals surface area contributed by atoms with Crippen LogP contribution in [0.5, 0.6) is 0 Å². The number of nitrogens with two attached hydrogens (primary N) is 1. The summed E-state index contributed by atoms with van der Waals surface area (Å²) in [4.78, 5) is 15.6. The number of esters is 1. The quantitative estimate of drug-likeness (QED) is 0.864. The summed E-state index contributed by atoms with van der Waals surface area (Å²) in [5.41, 5.74) is 6.98. The molecule has 5 heteroatoms. The summed E-state index contributed by atoms with van der Waals surface area (Å²) in [5, 5.41) is 0.563. The third kappa shape index (κ3) is 2.78. The van der Waals surface area contributed by atoms with Gasteiger partial charge < -0.3 is 10.5 Å². The topological polar surface area (TPSA) is 65.2 Å². The zero-order chi connectivity index (χ0) is 13.0. The van der Waals surface area contributed by atoms with Crippen LogP contribution >= 0.6 is 11.6 Å². The third-order valence-electron chi connectivity index (χ3n) is 2.39. The van der Waals surface area contributed by atoms with E-state index in [2.05, 4.69) is 4.98 Å². The Morgan fingerprint density at radius 2 is 2.11 bits per heavy atom. The van der Waals surface area contributed by atoms with Crippen LogP contribution in [0.2, 0.25) is 5.02 Å². The number of anilines is 1. The number of hydrogen-bond acceptors (Lipinski definition) is 4. The first-order valence-corrected chi connectivity index (χ1v) is 5.66. The molecule has 92 valence electrons. The van der Waals surface area contributed by atoms with Crippen LogP contribution in [0.4, 0.5) is 5.69 Å². The normalized spacial score (nSPS) is 10.1. The van der Waals surface area contributed by atoms with Crippen molar-refractivity contribution in [2.75, 3.05) is 5.73 Å². The van der Waals surface area contributed by atoms with Crippen LogP contribution in [0.3, 0.4) is 0 Å². The number of rotatable bonds is 3. The minimum absolute atomic E-state index is 0.111. The van der Waals surface area contributed by atoms with Crippen LogP contribution in [0.25, 0.3) is 0 Å². The number of ether oxygens (including phenoxy) is 1. The molecule has 1 aromatic carbocycles. The molecule has 1 heterocycles. The molecule has 0 bridgehead atoms. The summed E-state index contributed by atoms with van der Waals surface area (Å²) in [6.45, 7) is 0.111. The lowest BCUT2D eigenvalue weighted by Gasteiger charge is -2.07. The second kappa shape index (κ2) is 5.51. The first-order chi connectivity index (χ1) is 8.68. The molecule has 0 aliphatic rings. The van der Waals surface area contributed by atoms with Crippen LogP contribution in [0, 0.1) is 0 Å². The highest BCUT2D eigenvalue weighted by atomic mass is 35.5. The Morgan fingerprint density at radius 3 is 2.83 bits per heavy atom. The van der Waals surface area contributed by atoms with E-state index in [9.17, 15) is 4.79 Å². The molecular formula is C13H11ClN2O2. The molecule has 0 saturated heterocycles. The molecule has 0 saturated carbocycles. The number of halogens is 1. The fourth-order valence-electron chi connectivity index (χ4n) is 1.43. The van der Waals surface area contributed by atoms with Gasteiger partial charge in [0.1, 0.15) is 6.61 Å². The van der Waals surface area contributed by atoms with E-state index < -0.39 is 5.97 Å². The van der Waals surface area contributed by atoms with Gasteiger partial charge in [0.25, 0.3) is 0 Å². The van der Waals surface area contributed by atoms with Crippen LogP contribution in [0.15, 0.2) is 42.7 Å². The molecule has 0 spiro atoms. The van der Waals surface area contributed by atoms with E-state index in [1.165, 1.54) is 18.5 Å². The maximum Gasteiger partial charge on any atom is 0.340 e. The van der Waals surface area contributed by atoms with Gasteiger partial charge in [-0.2, -0.15) is 0 Å². The Labute approximate surface area is 109 Å². The molecule has 4 nitrogen and oxygen atoms in total. The highest BCUT2D eigenvalue weighted by molar-refractivity contribution is 6.31. The molecule has 2 N–H and O–H groups in total. The van der Waals surface area contributed by atoms with Crippen molar-refractivity contribution in [1.29, 1.82) is 0 Å². The number of aromatic nitrogens is 1. The molecule has 0 amide bonds. The van der Waals surface area contributed by atoms with Gasteiger partial charge in [-0.15, -0.1) is 0 Å². The molecule has 0 aliphatic carbocycles. The first-order valence-electron chi connectivity index (χ1n) is 5.28. The predicted molar refractivity (Wildman–Crippen MR) is 69.2 cm³/mol. The predicted octanol–water partition coefficient (Wildman–Crippen LogP) is 2.67. The summed E-state index contributed by atoms with van der Waals surface area (Å²) in [6.07, 6.45) is 2.90. The fraction of sp³-hybridized carbons (Fsp3) is 0.0769. The van der Waals surface area contributed by atoms with Gasteiger partial charge in [-0.3, -0.25) is 4.98 Å². The van der Waals surface area contributed by atoms with Crippen LogP contribution in [-0.2, 0) is 11.3 Å². The average Bonchev–Trinajstić information content (AvgIpc) is 2.38. The Kier molecular flexibility index (Phi) is 3.79. The highest BCUT2D eigenvalue weighted by Crippen LogP contribution is 2.17. The van der Waals surface area contributed by atoms with E-state index >= 15 is 0 Å². The van der Waals surface area contributed by atoms with Crippen molar-refractivity contribution in [1.82, 2.24) is 4.98 Å². The van der Waals surface area contributed by atoms with Gasteiger partial charge in [0, 0.05) is 16.8 Å². The molecule has 0 atom stereocenters. The maximum absolute atomic E-state index is 11.8. The lowest BCUT2D eigenvalue weighted by Crippen LogP contribution is -2.08. The first kappa shape index (κ1) is 12.4. The second-order valence-electron chi connectivity index (χ2n) is 3.63. The minimum atomic E-state index is -0.491. The Hall–Kier alpha value is -2.07. The number of benzene rings is 1. The minimum Gasteiger partial charge on any atom is -0.457 e. The van der Waals surface area contributed by atoms with E-state index in [0.717, 1.165) is 5.56 Å². The van der Waals surface area contributed by atoms with Gasteiger partial charge in [0.2, 0.25) is 0 Å². The molecular weight excluding hydrogens is 252 g/mol. The molecule has 18 heavy (non-hydrogen) atoms. The molecule has 2 rings (SSSR count). The van der Waals surface area contributed by atoms with Crippen molar-refractivity contribution >= 4 is 23.3 Å². The number of carbonyl (C=O) groups excluding carboxylic acids is 1. The molecule has 1 aromatic heterocycles. The SMILES string of the molecule is Nc1cnccc1C(=O)OCc1ccccc1Cl. The van der Waals surface area contributed by atoms with Crippen molar-refractivity contribution in [2.45, 2.75) is 6.61 Å². The number of hydrogen-bond donors (Lipinski definition) is 1. The zero-order valence-electron chi connectivity index (χ0n) is 9.47. The van der Waals surface area contributed by atoms with E-state index in [-0.39, 0.29) is 6.61 Å². The van der Waals surface area contributed by atoms with Gasteiger partial charge in [-0.05, 0) is 12.1 Å². The van der Waals surface area contributed by atoms with Crippen LogP contribution < -0.4 is 5.73 Å². The van der Waals surface area contributed by atoms with Crippen molar-refractivity contribution < 1.29 is 9.53 Å². The summed E-state index contributed by atoms with van der Waals surface area (Å²) in [5.74, 6) is -0.491.